The minimum Gasteiger partial charge on any atom is -0.496 e. The number of hydrogen-bond acceptors (Lipinski definition) is 10. The Morgan fingerprint density at radius 2 is 1.82 bits per heavy atom. The number of fused-ring (bicyclic) bond motifs is 6. The number of carbonyl (C=O) groups excluding carboxylic acids is 2. The molecule has 6 aliphatic rings. The van der Waals surface area contributed by atoms with Gasteiger partial charge in [0.15, 0.2) is 5.60 Å². The number of benzene rings is 2. The van der Waals surface area contributed by atoms with Gasteiger partial charge in [-0.3, -0.25) is 19.4 Å². The van der Waals surface area contributed by atoms with Gasteiger partial charge in [-0.25, -0.2) is 0 Å². The fourth-order valence-electron chi connectivity index (χ4n) is 13.1. The average Bonchev–Trinajstić information content (AvgIpc) is 3.84. The molecule has 3 fully saturated rings. The van der Waals surface area contributed by atoms with E-state index < -0.39 is 51.5 Å². The molecule has 1 aromatic heterocycles. The highest BCUT2D eigenvalue weighted by Gasteiger charge is 2.78. The number of likely N-dealkylation sites (N-methyl/N-ethyl adjacent to an activating group) is 1. The second-order valence-electron chi connectivity index (χ2n) is 17.5. The first-order valence-electron chi connectivity index (χ1n) is 20.0. The van der Waals surface area contributed by atoms with Gasteiger partial charge in [-0.2, -0.15) is 0 Å². The third-order valence-corrected chi connectivity index (χ3v) is 15.2. The number of hydrogen-bond donors (Lipinski definition) is 5. The van der Waals surface area contributed by atoms with E-state index in [-0.39, 0.29) is 12.0 Å². The van der Waals surface area contributed by atoms with Crippen LogP contribution in [0.5, 0.6) is 5.75 Å². The summed E-state index contributed by atoms with van der Waals surface area (Å²) in [4.78, 5) is 39.3. The van der Waals surface area contributed by atoms with E-state index in [4.69, 9.17) is 15.2 Å². The molecule has 55 heavy (non-hydrogen) atoms. The van der Waals surface area contributed by atoms with Crippen molar-refractivity contribution in [2.75, 3.05) is 58.9 Å². The Hall–Kier alpha value is -3.94. The average molecular weight is 754 g/mol. The number of methoxy groups -OCH3 is 2. The van der Waals surface area contributed by atoms with Gasteiger partial charge >= 0.3 is 5.97 Å². The van der Waals surface area contributed by atoms with Crippen LogP contribution in [0.4, 0.5) is 5.69 Å². The largest absolute Gasteiger partial charge is 0.496 e. The monoisotopic (exact) mass is 753 g/mol. The number of nitrogens with two attached hydrogens (primary N) is 1. The highest BCUT2D eigenvalue weighted by molar-refractivity contribution is 5.95. The predicted octanol–water partition coefficient (Wildman–Crippen LogP) is 2.73. The van der Waals surface area contributed by atoms with Gasteiger partial charge in [0, 0.05) is 84.0 Å². The van der Waals surface area contributed by atoms with Gasteiger partial charge in [-0.1, -0.05) is 44.2 Å². The highest BCUT2D eigenvalue weighted by atomic mass is 16.5. The maximum Gasteiger partial charge on any atom is 0.322 e. The van der Waals surface area contributed by atoms with Gasteiger partial charge in [0.2, 0.25) is 0 Å². The van der Waals surface area contributed by atoms with E-state index in [0.29, 0.717) is 69.5 Å². The molecule has 12 heteroatoms. The zero-order chi connectivity index (χ0) is 38.9. The van der Waals surface area contributed by atoms with E-state index in [0.717, 1.165) is 46.5 Å². The summed E-state index contributed by atoms with van der Waals surface area (Å²) < 4.78 is 12.2. The van der Waals surface area contributed by atoms with Crippen LogP contribution in [0.3, 0.4) is 0 Å². The van der Waals surface area contributed by atoms with Gasteiger partial charge < -0.3 is 40.4 Å². The van der Waals surface area contributed by atoms with Crippen molar-refractivity contribution in [1.82, 2.24) is 14.8 Å². The molecule has 0 radical (unpaired) electrons. The Balaban J connectivity index is 1.36. The summed E-state index contributed by atoms with van der Waals surface area (Å²) in [6, 6.07) is 11.0. The van der Waals surface area contributed by atoms with Crippen molar-refractivity contribution in [2.45, 2.75) is 92.6 Å². The number of piperidine rings is 1. The predicted molar refractivity (Wildman–Crippen MR) is 208 cm³/mol. The molecule has 4 unspecified atom stereocenters. The minimum atomic E-state index is -2.30. The zero-order valence-corrected chi connectivity index (χ0v) is 32.6. The van der Waals surface area contributed by atoms with Crippen LogP contribution in [0, 0.1) is 11.3 Å². The van der Waals surface area contributed by atoms with Crippen LogP contribution >= 0.6 is 0 Å². The molecule has 2 bridgehead atoms. The Labute approximate surface area is 322 Å². The summed E-state index contributed by atoms with van der Waals surface area (Å²) in [5.74, 6) is -1.00. The maximum atomic E-state index is 15.2. The number of aliphatic hydroxyl groups is 3. The number of esters is 1. The fourth-order valence-corrected chi connectivity index (χ4v) is 13.1. The van der Waals surface area contributed by atoms with Crippen LogP contribution in [0.15, 0.2) is 48.6 Å². The van der Waals surface area contributed by atoms with Gasteiger partial charge in [0.1, 0.15) is 17.3 Å². The van der Waals surface area contributed by atoms with Gasteiger partial charge in [0.05, 0.1) is 25.9 Å². The number of rotatable bonds is 6. The standard InChI is InChI=1S/C43H55N5O7/c1-6-39(52)21-25-22-42(38(51)55-5,33-27(13-17-47(23-25)24-39)26-11-8-9-12-30(26)45-33)29-19-28-31(20-32(29)54-4)46(3)35-41(28)15-18-48-16-10-14-40(7-2,34(41)48)36(49)43(35,53)37(44)50/h8-12,14,19-20,25,34-36,45,49,52-53H,6-7,13,15-18,21-24H2,1-5H3,(H2,44,50)/t25?,34-,35?,36+,39-,40+,41?,42-,43+/m0/s1. The molecular weight excluding hydrogens is 699 g/mol. The number of aromatic nitrogens is 1. The van der Waals surface area contributed by atoms with E-state index in [1.807, 2.05) is 62.2 Å². The second-order valence-corrected chi connectivity index (χ2v) is 17.5. The molecule has 1 aliphatic carbocycles. The Morgan fingerprint density at radius 3 is 2.53 bits per heavy atom. The van der Waals surface area contributed by atoms with Crippen LogP contribution in [-0.4, -0.2) is 125 Å². The molecule has 5 aliphatic heterocycles. The maximum absolute atomic E-state index is 15.2. The molecule has 2 aromatic carbocycles. The van der Waals surface area contributed by atoms with Crippen LogP contribution in [0.1, 0.15) is 68.3 Å². The molecule has 6 heterocycles. The number of amides is 1. The molecule has 10 atom stereocenters. The molecule has 3 aromatic rings. The summed E-state index contributed by atoms with van der Waals surface area (Å²) in [5.41, 5.74) is 4.72. The number of nitrogens with one attached hydrogen (secondary N) is 1. The second kappa shape index (κ2) is 12.3. The van der Waals surface area contributed by atoms with Crippen molar-refractivity contribution in [3.05, 3.63) is 70.9 Å². The number of H-pyrrole nitrogens is 1. The van der Waals surface area contributed by atoms with Crippen LogP contribution in [0.2, 0.25) is 0 Å². The van der Waals surface area contributed by atoms with Crippen LogP contribution in [0.25, 0.3) is 10.9 Å². The quantitative estimate of drug-likeness (QED) is 0.187. The van der Waals surface area contributed by atoms with E-state index >= 15 is 4.79 Å². The van der Waals surface area contributed by atoms with Crippen molar-refractivity contribution in [3.8, 4) is 5.75 Å². The summed E-state index contributed by atoms with van der Waals surface area (Å²) >= 11 is 0. The van der Waals surface area contributed by atoms with Crippen molar-refractivity contribution in [2.24, 2.45) is 17.1 Å². The molecule has 1 amide bonds. The normalized spacial score (nSPS) is 39.0. The zero-order valence-electron chi connectivity index (χ0n) is 32.6. The van der Waals surface area contributed by atoms with Gasteiger partial charge in [-0.05, 0) is 74.2 Å². The Bertz CT molecular complexity index is 2120. The first kappa shape index (κ1) is 36.7. The summed E-state index contributed by atoms with van der Waals surface area (Å²) in [6.07, 6.45) is 5.78. The smallest absolute Gasteiger partial charge is 0.322 e. The number of nitrogens with zero attached hydrogens (tertiary/aromatic N) is 3. The fraction of sp³-hybridized carbons (Fsp3) is 0.581. The van der Waals surface area contributed by atoms with Crippen molar-refractivity contribution in [3.63, 3.8) is 0 Å². The van der Waals surface area contributed by atoms with Crippen molar-refractivity contribution in [1.29, 1.82) is 0 Å². The van der Waals surface area contributed by atoms with Crippen LogP contribution < -0.4 is 15.4 Å². The van der Waals surface area contributed by atoms with Crippen molar-refractivity contribution < 1.29 is 34.4 Å². The highest BCUT2D eigenvalue weighted by Crippen LogP contribution is 2.67. The SMILES string of the molecule is CC[C@]1(O)CC2CN(CCc3c([nH]c4ccccc34)[C@@](C(=O)OC)(c3cc4c(cc3OC)N(C)C3C45CCN4CC=C[C@](CC)([C@H]45)[C@@H](O)[C@@]3(O)C(N)=O)C2)C1. The van der Waals surface area contributed by atoms with E-state index in [1.54, 1.807) is 7.11 Å². The summed E-state index contributed by atoms with van der Waals surface area (Å²) in [6.45, 7) is 7.39. The lowest BCUT2D eigenvalue weighted by molar-refractivity contribution is -0.201. The van der Waals surface area contributed by atoms with Gasteiger partial charge in [0.25, 0.3) is 5.91 Å². The summed E-state index contributed by atoms with van der Waals surface area (Å²) in [5, 5.41) is 38.0. The number of anilines is 1. The van der Waals surface area contributed by atoms with E-state index in [9.17, 15) is 20.1 Å². The lowest BCUT2D eigenvalue weighted by Crippen LogP contribution is -2.81. The number of ether oxygens (including phenoxy) is 2. The minimum absolute atomic E-state index is 0.0790. The Morgan fingerprint density at radius 1 is 1.04 bits per heavy atom. The summed E-state index contributed by atoms with van der Waals surface area (Å²) in [7, 11) is 4.89. The molecule has 9 rings (SSSR count). The molecule has 1 spiro atoms. The third kappa shape index (κ3) is 4.51. The first-order valence-corrected chi connectivity index (χ1v) is 20.0. The van der Waals surface area contributed by atoms with E-state index in [2.05, 4.69) is 26.9 Å². The number of para-hydroxylation sites is 1. The van der Waals surface area contributed by atoms with Crippen LogP contribution in [-0.2, 0) is 31.6 Å². The topological polar surface area (TPSA) is 165 Å². The number of aromatic amines is 1. The third-order valence-electron chi connectivity index (χ3n) is 15.2. The molecule has 1 saturated carbocycles. The van der Waals surface area contributed by atoms with Crippen molar-refractivity contribution >= 4 is 28.5 Å². The number of carbonyl (C=O) groups is 2. The molecule has 2 saturated heterocycles. The molecule has 12 nitrogen and oxygen atoms in total. The van der Waals surface area contributed by atoms with Gasteiger partial charge in [-0.15, -0.1) is 0 Å². The molecule has 294 valence electrons. The molecule has 6 N–H and O–H groups in total. The number of primary amides is 1. The first-order chi connectivity index (χ1) is 26.3. The lowest BCUT2D eigenvalue weighted by Gasteiger charge is -2.63. The van der Waals surface area contributed by atoms with E-state index in [1.165, 1.54) is 7.11 Å². The number of aliphatic hydroxyl groups excluding tert-OH is 1. The molecular formula is C43H55N5O7. The lowest BCUT2D eigenvalue weighted by atomic mass is 9.47. The Kier molecular flexibility index (Phi) is 8.19.